The first-order valence-corrected chi connectivity index (χ1v) is 12.6. The topological polar surface area (TPSA) is 84.9 Å². The molecule has 0 radical (unpaired) electrons. The second-order valence-corrected chi connectivity index (χ2v) is 9.90. The van der Waals surface area contributed by atoms with Crippen molar-refractivity contribution in [3.63, 3.8) is 0 Å². The molecular weight excluding hydrogens is 452 g/mol. The van der Waals surface area contributed by atoms with Crippen LogP contribution in [0.5, 0.6) is 11.5 Å². The van der Waals surface area contributed by atoms with E-state index >= 15 is 0 Å². The summed E-state index contributed by atoms with van der Waals surface area (Å²) in [6, 6.07) is 11.4. The van der Waals surface area contributed by atoms with Crippen LogP contribution in [0.15, 0.2) is 42.5 Å². The van der Waals surface area contributed by atoms with Crippen molar-refractivity contribution in [3.05, 3.63) is 53.1 Å². The van der Waals surface area contributed by atoms with Gasteiger partial charge in [0.25, 0.3) is 0 Å². The fourth-order valence-corrected chi connectivity index (χ4v) is 4.85. The number of nitrogens with zero attached hydrogens (tertiary/aromatic N) is 1. The van der Waals surface area contributed by atoms with Crippen LogP contribution in [0.1, 0.15) is 38.7 Å². The summed E-state index contributed by atoms with van der Waals surface area (Å²) in [5.41, 5.74) is 1.38. The van der Waals surface area contributed by atoms with Crippen LogP contribution < -0.4 is 19.1 Å². The summed E-state index contributed by atoms with van der Waals surface area (Å²) < 4.78 is 37.2. The lowest BCUT2D eigenvalue weighted by Gasteiger charge is -2.30. The fraction of sp³-hybridized carbons (Fsp3) is 0.435. The number of nitrogens with one attached hydrogen (secondary N) is 1. The Kier molecular flexibility index (Phi) is 9.21. The Morgan fingerprint density at radius 1 is 1.16 bits per heavy atom. The predicted molar refractivity (Wildman–Crippen MR) is 128 cm³/mol. The predicted octanol–water partition coefficient (Wildman–Crippen LogP) is 4.21. The maximum Gasteiger partial charge on any atom is 0.244 e. The van der Waals surface area contributed by atoms with Crippen molar-refractivity contribution >= 4 is 33.2 Å². The molecule has 1 atom stereocenters. The van der Waals surface area contributed by atoms with Gasteiger partial charge in [0.05, 0.1) is 30.6 Å². The summed E-state index contributed by atoms with van der Waals surface area (Å²) in [4.78, 5) is 12.9. The summed E-state index contributed by atoms with van der Waals surface area (Å²) in [5, 5.41) is 3.04. The molecule has 0 unspecified atom stereocenters. The first kappa shape index (κ1) is 25.8. The van der Waals surface area contributed by atoms with Gasteiger partial charge in [0.15, 0.2) is 0 Å². The van der Waals surface area contributed by atoms with E-state index < -0.39 is 22.0 Å². The van der Waals surface area contributed by atoms with Crippen LogP contribution >= 0.6 is 11.6 Å². The standard InChI is InChI=1S/C23H31ClN2O5S/c1-6-20(26(32(5,28)29)17-11-12-22(30-4)19(24)15-17)23(27)25-13-14-31-21-10-8-7-9-18(21)16(2)3/h7-12,15-16,20H,6,13-14H2,1-5H3,(H,25,27)/t20-/m1/s1. The second kappa shape index (κ2) is 11.4. The highest BCUT2D eigenvalue weighted by Crippen LogP contribution is 2.32. The third kappa shape index (κ3) is 6.53. The number of halogens is 1. The lowest BCUT2D eigenvalue weighted by molar-refractivity contribution is -0.122. The van der Waals surface area contributed by atoms with Crippen molar-refractivity contribution in [2.45, 2.75) is 39.2 Å². The summed E-state index contributed by atoms with van der Waals surface area (Å²) in [7, 11) is -2.29. The number of hydrogen-bond acceptors (Lipinski definition) is 5. The van der Waals surface area contributed by atoms with Gasteiger partial charge in [-0.05, 0) is 42.2 Å². The minimum absolute atomic E-state index is 0.239. The number of benzene rings is 2. The molecule has 0 bridgehead atoms. The molecule has 0 fully saturated rings. The summed E-state index contributed by atoms with van der Waals surface area (Å²) >= 11 is 6.18. The molecule has 9 heteroatoms. The number of anilines is 1. The van der Waals surface area contributed by atoms with Gasteiger partial charge in [0.1, 0.15) is 24.1 Å². The average Bonchev–Trinajstić information content (AvgIpc) is 2.74. The Morgan fingerprint density at radius 2 is 1.84 bits per heavy atom. The number of sulfonamides is 1. The van der Waals surface area contributed by atoms with E-state index in [0.29, 0.717) is 17.4 Å². The number of carbonyl (C=O) groups excluding carboxylic acids is 1. The molecular formula is C23H31ClN2O5S. The van der Waals surface area contributed by atoms with E-state index in [2.05, 4.69) is 19.2 Å². The van der Waals surface area contributed by atoms with Crippen LogP contribution in [0.25, 0.3) is 0 Å². The third-order valence-electron chi connectivity index (χ3n) is 4.92. The first-order valence-electron chi connectivity index (χ1n) is 10.4. The van der Waals surface area contributed by atoms with Crippen molar-refractivity contribution < 1.29 is 22.7 Å². The van der Waals surface area contributed by atoms with Gasteiger partial charge in [0.2, 0.25) is 15.9 Å². The number of para-hydroxylation sites is 1. The molecule has 0 aliphatic carbocycles. The van der Waals surface area contributed by atoms with Crippen molar-refractivity contribution in [2.24, 2.45) is 0 Å². The van der Waals surface area contributed by atoms with Gasteiger partial charge in [-0.15, -0.1) is 0 Å². The van der Waals surface area contributed by atoms with Crippen LogP contribution in [0.4, 0.5) is 5.69 Å². The highest BCUT2D eigenvalue weighted by Gasteiger charge is 2.31. The van der Waals surface area contributed by atoms with Gasteiger partial charge in [-0.25, -0.2) is 8.42 Å². The number of methoxy groups -OCH3 is 1. The molecule has 1 amide bonds. The molecule has 0 saturated carbocycles. The van der Waals surface area contributed by atoms with E-state index in [-0.39, 0.29) is 24.6 Å². The molecule has 7 nitrogen and oxygen atoms in total. The van der Waals surface area contributed by atoms with Gasteiger partial charge in [-0.3, -0.25) is 9.10 Å². The maximum absolute atomic E-state index is 12.9. The zero-order valence-electron chi connectivity index (χ0n) is 19.1. The third-order valence-corrected chi connectivity index (χ3v) is 6.39. The van der Waals surface area contributed by atoms with E-state index in [9.17, 15) is 13.2 Å². The zero-order valence-corrected chi connectivity index (χ0v) is 20.7. The van der Waals surface area contributed by atoms with Gasteiger partial charge < -0.3 is 14.8 Å². The second-order valence-electron chi connectivity index (χ2n) is 7.63. The number of ether oxygens (including phenoxy) is 2. The molecule has 176 valence electrons. The number of hydrogen-bond donors (Lipinski definition) is 1. The van der Waals surface area contributed by atoms with Crippen LogP contribution in [0, 0.1) is 0 Å². The van der Waals surface area contributed by atoms with E-state index in [0.717, 1.165) is 21.9 Å². The molecule has 2 rings (SSSR count). The van der Waals surface area contributed by atoms with E-state index in [1.165, 1.54) is 13.2 Å². The molecule has 2 aromatic carbocycles. The molecule has 0 aliphatic heterocycles. The summed E-state index contributed by atoms with van der Waals surface area (Å²) in [5.74, 6) is 1.09. The smallest absolute Gasteiger partial charge is 0.244 e. The highest BCUT2D eigenvalue weighted by molar-refractivity contribution is 7.92. The maximum atomic E-state index is 12.9. The Labute approximate surface area is 195 Å². The molecule has 0 heterocycles. The molecule has 0 aromatic heterocycles. The molecule has 0 spiro atoms. The minimum Gasteiger partial charge on any atom is -0.495 e. The van der Waals surface area contributed by atoms with Crippen molar-refractivity contribution in [3.8, 4) is 11.5 Å². The van der Waals surface area contributed by atoms with Gasteiger partial charge in [-0.1, -0.05) is 50.6 Å². The van der Waals surface area contributed by atoms with Gasteiger partial charge >= 0.3 is 0 Å². The Hall–Kier alpha value is -2.45. The lowest BCUT2D eigenvalue weighted by Crippen LogP contribution is -2.50. The summed E-state index contributed by atoms with van der Waals surface area (Å²) in [6.45, 7) is 6.42. The monoisotopic (exact) mass is 482 g/mol. The van der Waals surface area contributed by atoms with Crippen LogP contribution in [0.2, 0.25) is 5.02 Å². The van der Waals surface area contributed by atoms with Gasteiger partial charge in [-0.2, -0.15) is 0 Å². The molecule has 2 aromatic rings. The number of amides is 1. The largest absolute Gasteiger partial charge is 0.495 e. The molecule has 32 heavy (non-hydrogen) atoms. The fourth-order valence-electron chi connectivity index (χ4n) is 3.39. The highest BCUT2D eigenvalue weighted by atomic mass is 35.5. The Balaban J connectivity index is 2.11. The van der Waals surface area contributed by atoms with Crippen LogP contribution in [0.3, 0.4) is 0 Å². The quantitative estimate of drug-likeness (QED) is 0.485. The average molecular weight is 483 g/mol. The normalized spacial score (nSPS) is 12.3. The Bertz CT molecular complexity index is 1030. The lowest BCUT2D eigenvalue weighted by atomic mass is 10.0. The SMILES string of the molecule is CC[C@H](C(=O)NCCOc1ccccc1C(C)C)N(c1ccc(OC)c(Cl)c1)S(C)(=O)=O. The Morgan fingerprint density at radius 3 is 2.41 bits per heavy atom. The first-order chi connectivity index (χ1) is 15.1. The van der Waals surface area contributed by atoms with E-state index in [1.54, 1.807) is 19.1 Å². The van der Waals surface area contributed by atoms with Crippen molar-refractivity contribution in [1.29, 1.82) is 0 Å². The van der Waals surface area contributed by atoms with Crippen LogP contribution in [-0.2, 0) is 14.8 Å². The summed E-state index contributed by atoms with van der Waals surface area (Å²) in [6.07, 6.45) is 1.34. The molecule has 1 N–H and O–H groups in total. The van der Waals surface area contributed by atoms with Crippen molar-refractivity contribution in [1.82, 2.24) is 5.32 Å². The number of carbonyl (C=O) groups is 1. The van der Waals surface area contributed by atoms with E-state index in [4.69, 9.17) is 21.1 Å². The van der Waals surface area contributed by atoms with E-state index in [1.807, 2.05) is 24.3 Å². The molecule has 0 aliphatic rings. The minimum atomic E-state index is -3.76. The number of rotatable bonds is 11. The van der Waals surface area contributed by atoms with Crippen molar-refractivity contribution in [2.75, 3.05) is 30.8 Å². The van der Waals surface area contributed by atoms with Gasteiger partial charge in [0, 0.05) is 0 Å². The zero-order chi connectivity index (χ0) is 23.9. The molecule has 0 saturated heterocycles. The van der Waals surface area contributed by atoms with Crippen LogP contribution in [-0.4, -0.2) is 46.9 Å².